The number of nitrogens with one attached hydrogen (secondary N) is 1. The van der Waals surface area contributed by atoms with Crippen LogP contribution in [0.1, 0.15) is 31.2 Å². The molecule has 1 aliphatic carbocycles. The van der Waals surface area contributed by atoms with Crippen molar-refractivity contribution in [3.05, 3.63) is 29.8 Å². The van der Waals surface area contributed by atoms with Crippen LogP contribution in [0.3, 0.4) is 0 Å². The van der Waals surface area contributed by atoms with E-state index < -0.39 is 0 Å². The maximum Gasteiger partial charge on any atom is 0.223 e. The van der Waals surface area contributed by atoms with Crippen LogP contribution in [-0.2, 0) is 4.79 Å². The first-order valence-electron chi connectivity index (χ1n) is 7.82. The molecule has 0 radical (unpaired) electrons. The molecule has 0 spiro atoms. The lowest BCUT2D eigenvalue weighted by Crippen LogP contribution is -2.37. The summed E-state index contributed by atoms with van der Waals surface area (Å²) in [5.74, 6) is 1.19. The molecule has 0 bridgehead atoms. The molecule has 1 saturated heterocycles. The van der Waals surface area contributed by atoms with Gasteiger partial charge in [-0.05, 0) is 49.8 Å². The van der Waals surface area contributed by atoms with E-state index in [1.807, 2.05) is 0 Å². The smallest absolute Gasteiger partial charge is 0.223 e. The van der Waals surface area contributed by atoms with Gasteiger partial charge >= 0.3 is 0 Å². The van der Waals surface area contributed by atoms with Crippen molar-refractivity contribution in [1.29, 1.82) is 0 Å². The highest BCUT2D eigenvalue weighted by atomic mass is 16.1. The molecule has 1 aromatic carbocycles. The van der Waals surface area contributed by atoms with Gasteiger partial charge in [-0.2, -0.15) is 0 Å². The highest BCUT2D eigenvalue weighted by molar-refractivity contribution is 5.79. The van der Waals surface area contributed by atoms with E-state index in [1.54, 1.807) is 0 Å². The van der Waals surface area contributed by atoms with Crippen molar-refractivity contribution in [2.45, 2.75) is 32.6 Å². The summed E-state index contributed by atoms with van der Waals surface area (Å²) >= 11 is 0. The molecule has 1 aromatic rings. The molecule has 3 rings (SSSR count). The number of benzene rings is 1. The molecule has 1 unspecified atom stereocenters. The van der Waals surface area contributed by atoms with E-state index in [1.165, 1.54) is 24.1 Å². The molecule has 2 aliphatic rings. The molecule has 1 aliphatic heterocycles. The summed E-state index contributed by atoms with van der Waals surface area (Å²) in [5, 5.41) is 3.14. The summed E-state index contributed by atoms with van der Waals surface area (Å²) < 4.78 is 0. The highest BCUT2D eigenvalue weighted by Gasteiger charge is 2.27. The normalized spacial score (nSPS) is 22.6. The van der Waals surface area contributed by atoms with Crippen LogP contribution >= 0.6 is 0 Å². The standard InChI is InChI=1S/C17H24N2O/c1-13-4-2-7-16(10-13)19-9-8-14(12-19)11-18-17(20)15-5-3-6-15/h2,4,7,10,14-15H,3,5-6,8-9,11-12H2,1H3,(H,18,20). The van der Waals surface area contributed by atoms with Crippen LogP contribution in [0.4, 0.5) is 5.69 Å². The first kappa shape index (κ1) is 13.5. The first-order valence-corrected chi connectivity index (χ1v) is 7.82. The summed E-state index contributed by atoms with van der Waals surface area (Å²) in [6, 6.07) is 8.68. The van der Waals surface area contributed by atoms with Crippen LogP contribution in [-0.4, -0.2) is 25.5 Å². The Labute approximate surface area is 121 Å². The van der Waals surface area contributed by atoms with Gasteiger partial charge < -0.3 is 10.2 Å². The van der Waals surface area contributed by atoms with Gasteiger partial charge in [0.1, 0.15) is 0 Å². The number of carbonyl (C=O) groups is 1. The predicted molar refractivity (Wildman–Crippen MR) is 81.8 cm³/mol. The third kappa shape index (κ3) is 2.97. The Morgan fingerprint density at radius 3 is 2.90 bits per heavy atom. The molecule has 1 saturated carbocycles. The zero-order valence-corrected chi connectivity index (χ0v) is 12.3. The Bertz CT molecular complexity index is 482. The number of hydrogen-bond acceptors (Lipinski definition) is 2. The van der Waals surface area contributed by atoms with Gasteiger partial charge in [-0.15, -0.1) is 0 Å². The van der Waals surface area contributed by atoms with Gasteiger partial charge in [-0.1, -0.05) is 18.6 Å². The Morgan fingerprint density at radius 2 is 2.20 bits per heavy atom. The van der Waals surface area contributed by atoms with E-state index in [2.05, 4.69) is 41.4 Å². The number of carbonyl (C=O) groups excluding carboxylic acids is 1. The molecule has 2 fully saturated rings. The molecule has 108 valence electrons. The van der Waals surface area contributed by atoms with Gasteiger partial charge in [-0.25, -0.2) is 0 Å². The van der Waals surface area contributed by atoms with Crippen molar-refractivity contribution in [2.75, 3.05) is 24.5 Å². The summed E-state index contributed by atoms with van der Waals surface area (Å²) in [6.45, 7) is 5.15. The fraction of sp³-hybridized carbons (Fsp3) is 0.588. The Hall–Kier alpha value is -1.51. The van der Waals surface area contributed by atoms with E-state index in [-0.39, 0.29) is 5.91 Å². The molecule has 3 nitrogen and oxygen atoms in total. The molecule has 1 amide bonds. The van der Waals surface area contributed by atoms with Gasteiger partial charge in [0, 0.05) is 31.2 Å². The molecule has 20 heavy (non-hydrogen) atoms. The predicted octanol–water partition coefficient (Wildman–Crippen LogP) is 2.74. The Kier molecular flexibility index (Phi) is 3.95. The van der Waals surface area contributed by atoms with Crippen molar-refractivity contribution in [1.82, 2.24) is 5.32 Å². The molecule has 3 heteroatoms. The van der Waals surface area contributed by atoms with E-state index in [4.69, 9.17) is 0 Å². The SMILES string of the molecule is Cc1cccc(N2CCC(CNC(=O)C3CCC3)C2)c1. The second-order valence-corrected chi connectivity index (χ2v) is 6.31. The number of hydrogen-bond donors (Lipinski definition) is 1. The first-order chi connectivity index (χ1) is 9.72. The average molecular weight is 272 g/mol. The molecule has 1 atom stereocenters. The van der Waals surface area contributed by atoms with Crippen LogP contribution < -0.4 is 10.2 Å². The zero-order valence-electron chi connectivity index (χ0n) is 12.3. The van der Waals surface area contributed by atoms with Crippen molar-refractivity contribution < 1.29 is 4.79 Å². The Balaban J connectivity index is 1.48. The largest absolute Gasteiger partial charge is 0.371 e. The fourth-order valence-electron chi connectivity index (χ4n) is 3.12. The minimum atomic E-state index is 0.283. The van der Waals surface area contributed by atoms with Crippen molar-refractivity contribution in [3.63, 3.8) is 0 Å². The van der Waals surface area contributed by atoms with E-state index in [0.717, 1.165) is 32.5 Å². The van der Waals surface area contributed by atoms with Crippen LogP contribution in [0.2, 0.25) is 0 Å². The van der Waals surface area contributed by atoms with Gasteiger partial charge in [0.15, 0.2) is 0 Å². The third-order valence-electron chi connectivity index (χ3n) is 4.69. The average Bonchev–Trinajstić information content (AvgIpc) is 2.83. The van der Waals surface area contributed by atoms with Gasteiger partial charge in [-0.3, -0.25) is 4.79 Å². The number of amides is 1. The quantitative estimate of drug-likeness (QED) is 0.914. The van der Waals surface area contributed by atoms with Gasteiger partial charge in [0.25, 0.3) is 0 Å². The van der Waals surface area contributed by atoms with Crippen molar-refractivity contribution in [3.8, 4) is 0 Å². The van der Waals surface area contributed by atoms with Crippen LogP contribution in [0.15, 0.2) is 24.3 Å². The molecular weight excluding hydrogens is 248 g/mol. The summed E-state index contributed by atoms with van der Waals surface area (Å²) in [4.78, 5) is 14.3. The van der Waals surface area contributed by atoms with E-state index in [9.17, 15) is 4.79 Å². The van der Waals surface area contributed by atoms with E-state index >= 15 is 0 Å². The second kappa shape index (κ2) is 5.86. The minimum absolute atomic E-state index is 0.283. The van der Waals surface area contributed by atoms with Gasteiger partial charge in [0.05, 0.1) is 0 Å². The monoisotopic (exact) mass is 272 g/mol. The van der Waals surface area contributed by atoms with Crippen molar-refractivity contribution >= 4 is 11.6 Å². The highest BCUT2D eigenvalue weighted by Crippen LogP contribution is 2.27. The number of aryl methyl sites for hydroxylation is 1. The van der Waals surface area contributed by atoms with E-state index in [0.29, 0.717) is 11.8 Å². The molecular formula is C17H24N2O. The molecule has 1 N–H and O–H groups in total. The lowest BCUT2D eigenvalue weighted by molar-refractivity contribution is -0.127. The molecule has 0 aromatic heterocycles. The lowest BCUT2D eigenvalue weighted by Gasteiger charge is -2.25. The maximum absolute atomic E-state index is 11.9. The van der Waals surface area contributed by atoms with Gasteiger partial charge in [0.2, 0.25) is 5.91 Å². The van der Waals surface area contributed by atoms with Crippen LogP contribution in [0.5, 0.6) is 0 Å². The van der Waals surface area contributed by atoms with Crippen LogP contribution in [0, 0.1) is 18.8 Å². The number of nitrogens with zero attached hydrogens (tertiary/aromatic N) is 1. The number of anilines is 1. The third-order valence-corrected chi connectivity index (χ3v) is 4.69. The zero-order chi connectivity index (χ0) is 13.9. The Morgan fingerprint density at radius 1 is 1.35 bits per heavy atom. The summed E-state index contributed by atoms with van der Waals surface area (Å²) in [7, 11) is 0. The summed E-state index contributed by atoms with van der Waals surface area (Å²) in [5.41, 5.74) is 2.63. The molecule has 1 heterocycles. The topological polar surface area (TPSA) is 32.3 Å². The fourth-order valence-corrected chi connectivity index (χ4v) is 3.12. The maximum atomic E-state index is 11.9. The lowest BCUT2D eigenvalue weighted by atomic mass is 9.85. The second-order valence-electron chi connectivity index (χ2n) is 6.31. The van der Waals surface area contributed by atoms with Crippen molar-refractivity contribution in [2.24, 2.45) is 11.8 Å². The summed E-state index contributed by atoms with van der Waals surface area (Å²) in [6.07, 6.45) is 4.58. The number of rotatable bonds is 4. The van der Waals surface area contributed by atoms with Crippen LogP contribution in [0.25, 0.3) is 0 Å². The minimum Gasteiger partial charge on any atom is -0.371 e.